The number of carbonyl (C=O) groups is 1. The van der Waals surface area contributed by atoms with Gasteiger partial charge in [-0.1, -0.05) is 74.4 Å². The Labute approximate surface area is 275 Å². The molecular weight excluding hydrogens is 617 g/mol. The number of para-hydroxylation sites is 3. The third-order valence-electron chi connectivity index (χ3n) is 7.81. The number of fused-ring (bicyclic) bond motifs is 3. The molecule has 3 aromatic carbocycles. The first-order valence-electron chi connectivity index (χ1n) is 15.8. The zero-order chi connectivity index (χ0) is 33.4. The molecule has 0 saturated heterocycles. The molecule has 3 N–H and O–H groups in total. The molecule has 47 heavy (non-hydrogen) atoms. The number of aromatic nitrogens is 3. The number of ether oxygens (including phenoxy) is 2. The minimum Gasteiger partial charge on any atom is -0.425 e. The maximum absolute atomic E-state index is 14.6. The molecule has 0 fully saturated rings. The van der Waals surface area contributed by atoms with Crippen molar-refractivity contribution in [2.45, 2.75) is 65.1 Å². The molecule has 0 unspecified atom stereocenters. The van der Waals surface area contributed by atoms with Gasteiger partial charge in [-0.25, -0.2) is 19.3 Å². The Bertz CT molecular complexity index is 1850. The van der Waals surface area contributed by atoms with Gasteiger partial charge in [0.25, 0.3) is 0 Å². The molecule has 248 valence electrons. The van der Waals surface area contributed by atoms with Gasteiger partial charge in [-0.15, -0.1) is 0 Å². The molecule has 5 rings (SSSR count). The smallest absolute Gasteiger partial charge is 0.425 e. The lowest BCUT2D eigenvalue weighted by atomic mass is 9.94. The Morgan fingerprint density at radius 1 is 0.979 bits per heavy atom. The van der Waals surface area contributed by atoms with Gasteiger partial charge in [0.1, 0.15) is 35.5 Å². The maximum Gasteiger partial charge on any atom is 0.459 e. The number of anilines is 1. The number of pyridine rings is 1. The van der Waals surface area contributed by atoms with E-state index in [2.05, 4.69) is 21.6 Å². The van der Waals surface area contributed by atoms with Gasteiger partial charge in [0.15, 0.2) is 5.82 Å². The molecule has 11 nitrogen and oxygen atoms in total. The van der Waals surface area contributed by atoms with E-state index in [0.29, 0.717) is 41.7 Å². The van der Waals surface area contributed by atoms with Crippen LogP contribution in [0.1, 0.15) is 52.8 Å². The van der Waals surface area contributed by atoms with Gasteiger partial charge in [0, 0.05) is 12.0 Å². The monoisotopic (exact) mass is 659 g/mol. The number of benzene rings is 3. The minimum atomic E-state index is -4.19. The van der Waals surface area contributed by atoms with Crippen molar-refractivity contribution in [2.75, 3.05) is 18.9 Å². The number of nitrogen functional groups attached to an aromatic ring is 1. The standard InChI is InChI=1S/C35H42N5O6P/c1-5-7-22-35(4,40-30(23-43-6-2)38-31-32(40)28-20-14-15-21-29(28)37-33(31)36)24-44-47(42,46-27-18-12-9-13-19-27)39-25(3)34(41)45-26-16-10-8-11-17-26/h8-21,25H,5-7,22-24H2,1-4H3,(H2,36,37)(H,39,42)/t25-,35-,47-/m0/s1. The lowest BCUT2D eigenvalue weighted by molar-refractivity contribution is -0.136. The minimum absolute atomic E-state index is 0.0638. The number of esters is 1. The highest BCUT2D eigenvalue weighted by Gasteiger charge is 2.39. The van der Waals surface area contributed by atoms with E-state index in [0.717, 1.165) is 29.3 Å². The van der Waals surface area contributed by atoms with Crippen LogP contribution in [0.5, 0.6) is 11.5 Å². The van der Waals surface area contributed by atoms with Gasteiger partial charge in [0.05, 0.1) is 23.2 Å². The van der Waals surface area contributed by atoms with Crippen molar-refractivity contribution in [3.05, 3.63) is 90.8 Å². The summed E-state index contributed by atoms with van der Waals surface area (Å²) in [5.74, 6) is 0.990. The number of nitrogens with two attached hydrogens (primary N) is 1. The first-order valence-corrected chi connectivity index (χ1v) is 17.4. The summed E-state index contributed by atoms with van der Waals surface area (Å²) in [6.45, 7) is 8.26. The van der Waals surface area contributed by atoms with Gasteiger partial charge in [-0.05, 0) is 57.5 Å². The molecule has 2 heterocycles. The van der Waals surface area contributed by atoms with Gasteiger partial charge in [-0.2, -0.15) is 5.09 Å². The molecule has 5 aromatic rings. The Balaban J connectivity index is 1.55. The Kier molecular flexibility index (Phi) is 10.9. The highest BCUT2D eigenvalue weighted by Crippen LogP contribution is 2.47. The number of nitrogens with one attached hydrogen (secondary N) is 1. The van der Waals surface area contributed by atoms with Crippen LogP contribution in [0, 0.1) is 0 Å². The average Bonchev–Trinajstić information content (AvgIpc) is 3.48. The molecule has 0 aliphatic carbocycles. The van der Waals surface area contributed by atoms with E-state index in [1.54, 1.807) is 55.5 Å². The van der Waals surface area contributed by atoms with Crippen molar-refractivity contribution >= 4 is 41.5 Å². The molecule has 3 atom stereocenters. The summed E-state index contributed by atoms with van der Waals surface area (Å²) in [6.07, 6.45) is 2.39. The highest BCUT2D eigenvalue weighted by molar-refractivity contribution is 7.52. The predicted octanol–water partition coefficient (Wildman–Crippen LogP) is 7.40. The predicted molar refractivity (Wildman–Crippen MR) is 183 cm³/mol. The number of carbonyl (C=O) groups excluding carboxylic acids is 1. The highest BCUT2D eigenvalue weighted by atomic mass is 31.2. The number of hydrogen-bond acceptors (Lipinski definition) is 9. The van der Waals surface area contributed by atoms with E-state index in [1.165, 1.54) is 0 Å². The molecule has 0 saturated carbocycles. The summed E-state index contributed by atoms with van der Waals surface area (Å²) < 4.78 is 40.4. The Morgan fingerprint density at radius 3 is 2.32 bits per heavy atom. The zero-order valence-corrected chi connectivity index (χ0v) is 28.1. The van der Waals surface area contributed by atoms with E-state index in [1.807, 2.05) is 50.2 Å². The lowest BCUT2D eigenvalue weighted by Gasteiger charge is -2.35. The van der Waals surface area contributed by atoms with Crippen LogP contribution in [0.4, 0.5) is 5.82 Å². The fraction of sp³-hybridized carbons (Fsp3) is 0.343. The van der Waals surface area contributed by atoms with Crippen molar-refractivity contribution in [3.63, 3.8) is 0 Å². The van der Waals surface area contributed by atoms with E-state index in [9.17, 15) is 9.36 Å². The van der Waals surface area contributed by atoms with Crippen molar-refractivity contribution in [2.24, 2.45) is 0 Å². The lowest BCUT2D eigenvalue weighted by Crippen LogP contribution is -2.40. The summed E-state index contributed by atoms with van der Waals surface area (Å²) in [5.41, 5.74) is 7.73. The molecule has 12 heteroatoms. The second-order valence-electron chi connectivity index (χ2n) is 11.6. The molecule has 0 spiro atoms. The molecule has 0 aliphatic rings. The summed E-state index contributed by atoms with van der Waals surface area (Å²) in [4.78, 5) is 22.6. The first kappa shape index (κ1) is 34.1. The van der Waals surface area contributed by atoms with Gasteiger partial charge < -0.3 is 24.3 Å². The van der Waals surface area contributed by atoms with Crippen LogP contribution in [0.2, 0.25) is 0 Å². The Morgan fingerprint density at radius 2 is 1.64 bits per heavy atom. The number of nitrogens with zero attached hydrogens (tertiary/aromatic N) is 3. The summed E-state index contributed by atoms with van der Waals surface area (Å²) in [5, 5.41) is 3.69. The second-order valence-corrected chi connectivity index (χ2v) is 13.3. The van der Waals surface area contributed by atoms with Crippen LogP contribution in [-0.4, -0.2) is 39.8 Å². The molecule has 0 bridgehead atoms. The topological polar surface area (TPSA) is 140 Å². The van der Waals surface area contributed by atoms with Crippen LogP contribution in [-0.2, 0) is 30.8 Å². The van der Waals surface area contributed by atoms with E-state index >= 15 is 0 Å². The van der Waals surface area contributed by atoms with Crippen LogP contribution >= 0.6 is 7.75 Å². The van der Waals surface area contributed by atoms with Crippen molar-refractivity contribution < 1.29 is 27.9 Å². The molecule has 0 radical (unpaired) electrons. The van der Waals surface area contributed by atoms with Crippen LogP contribution < -0.4 is 20.1 Å². The normalized spacial score (nSPS) is 14.8. The molecule has 2 aromatic heterocycles. The van der Waals surface area contributed by atoms with E-state index in [-0.39, 0.29) is 13.2 Å². The van der Waals surface area contributed by atoms with Crippen molar-refractivity contribution in [3.8, 4) is 11.5 Å². The number of hydrogen-bond donors (Lipinski definition) is 2. The number of unbranched alkanes of at least 4 members (excludes halogenated alkanes) is 1. The summed E-state index contributed by atoms with van der Waals surface area (Å²) in [7, 11) is -4.19. The fourth-order valence-corrected chi connectivity index (χ4v) is 7.05. The third-order valence-corrected chi connectivity index (χ3v) is 9.44. The average molecular weight is 660 g/mol. The third kappa shape index (κ3) is 8.00. The molecular formula is C35H42N5O6P. The van der Waals surface area contributed by atoms with Crippen LogP contribution in [0.3, 0.4) is 0 Å². The van der Waals surface area contributed by atoms with E-state index in [4.69, 9.17) is 29.2 Å². The quantitative estimate of drug-likeness (QED) is 0.0626. The van der Waals surface area contributed by atoms with Crippen LogP contribution in [0.25, 0.3) is 21.9 Å². The molecule has 0 amide bonds. The van der Waals surface area contributed by atoms with Crippen LogP contribution in [0.15, 0.2) is 84.9 Å². The van der Waals surface area contributed by atoms with Crippen molar-refractivity contribution in [1.29, 1.82) is 0 Å². The number of rotatable bonds is 16. The van der Waals surface area contributed by atoms with E-state index < -0.39 is 25.3 Å². The fourth-order valence-electron chi connectivity index (χ4n) is 5.44. The van der Waals surface area contributed by atoms with Gasteiger partial charge in [0.2, 0.25) is 0 Å². The molecule has 0 aliphatic heterocycles. The van der Waals surface area contributed by atoms with Crippen molar-refractivity contribution in [1.82, 2.24) is 19.6 Å². The first-order chi connectivity index (χ1) is 22.7. The Hall–Kier alpha value is -4.28. The second kappa shape index (κ2) is 15.1. The zero-order valence-electron chi connectivity index (χ0n) is 27.2. The largest absolute Gasteiger partial charge is 0.459 e. The summed E-state index contributed by atoms with van der Waals surface area (Å²) in [6, 6.07) is 24.1. The summed E-state index contributed by atoms with van der Waals surface area (Å²) >= 11 is 0. The SMILES string of the molecule is CCCC[C@@](C)(CO[P@@](=O)(N[C@@H](C)C(=O)Oc1ccccc1)Oc1ccccc1)n1c(COCC)nc2c(N)nc3ccccc3c21. The maximum atomic E-state index is 14.6. The number of imidazole rings is 1. The van der Waals surface area contributed by atoms with Gasteiger partial charge >= 0.3 is 13.7 Å². The van der Waals surface area contributed by atoms with Gasteiger partial charge in [-0.3, -0.25) is 4.52 Å².